The van der Waals surface area contributed by atoms with Crippen LogP contribution in [0.15, 0.2) is 59.1 Å². The van der Waals surface area contributed by atoms with Crippen molar-refractivity contribution in [3.8, 4) is 11.5 Å². The van der Waals surface area contributed by atoms with Crippen molar-refractivity contribution in [3.05, 3.63) is 80.2 Å². The third-order valence-corrected chi connectivity index (χ3v) is 5.94. The summed E-state index contributed by atoms with van der Waals surface area (Å²) in [4.78, 5) is 12.4. The van der Waals surface area contributed by atoms with E-state index in [2.05, 4.69) is 26.6 Å². The summed E-state index contributed by atoms with van der Waals surface area (Å²) in [6.45, 7) is 2.23. The molecule has 8 heteroatoms. The van der Waals surface area contributed by atoms with Gasteiger partial charge in [0, 0.05) is 28.0 Å². The maximum absolute atomic E-state index is 12.4. The van der Waals surface area contributed by atoms with Crippen molar-refractivity contribution >= 4 is 56.4 Å². The Kier molecular flexibility index (Phi) is 8.07. The van der Waals surface area contributed by atoms with Gasteiger partial charge in [-0.1, -0.05) is 56.8 Å². The van der Waals surface area contributed by atoms with Gasteiger partial charge >= 0.3 is 0 Å². The maximum atomic E-state index is 12.4. The van der Waals surface area contributed by atoms with Crippen LogP contribution >= 0.6 is 39.1 Å². The van der Waals surface area contributed by atoms with Gasteiger partial charge in [-0.2, -0.15) is 0 Å². The molecule has 0 aliphatic carbocycles. The van der Waals surface area contributed by atoms with Gasteiger partial charge < -0.3 is 20.1 Å². The van der Waals surface area contributed by atoms with Crippen molar-refractivity contribution in [2.75, 3.05) is 24.4 Å². The summed E-state index contributed by atoms with van der Waals surface area (Å²) in [6.07, 6.45) is 0. The van der Waals surface area contributed by atoms with Crippen LogP contribution in [0.4, 0.5) is 11.4 Å². The highest BCUT2D eigenvalue weighted by molar-refractivity contribution is 9.10. The molecule has 0 saturated heterocycles. The first-order valence-electron chi connectivity index (χ1n) is 9.41. The van der Waals surface area contributed by atoms with Gasteiger partial charge in [0.15, 0.2) is 18.1 Å². The van der Waals surface area contributed by atoms with Crippen molar-refractivity contribution in [2.45, 2.75) is 13.5 Å². The highest BCUT2D eigenvalue weighted by Gasteiger charge is 2.16. The Balaban J connectivity index is 1.73. The number of ether oxygens (including phenoxy) is 2. The number of carbonyl (C=O) groups excluding carboxylic acids is 1. The van der Waals surface area contributed by atoms with E-state index >= 15 is 0 Å². The lowest BCUT2D eigenvalue weighted by Gasteiger charge is -2.17. The van der Waals surface area contributed by atoms with Gasteiger partial charge in [0.05, 0.1) is 17.2 Å². The number of hydrogen-bond donors (Lipinski definition) is 2. The Bertz CT molecular complexity index is 1080. The van der Waals surface area contributed by atoms with Crippen LogP contribution in [0.2, 0.25) is 10.0 Å². The molecule has 0 aliphatic heterocycles. The van der Waals surface area contributed by atoms with Crippen LogP contribution in [0.5, 0.6) is 11.5 Å². The van der Waals surface area contributed by atoms with Crippen LogP contribution in [0.25, 0.3) is 0 Å². The van der Waals surface area contributed by atoms with E-state index in [-0.39, 0.29) is 12.5 Å². The first-order chi connectivity index (χ1) is 14.9. The van der Waals surface area contributed by atoms with E-state index in [9.17, 15) is 4.79 Å². The molecule has 0 unspecified atom stereocenters. The second-order valence-corrected chi connectivity index (χ2v) is 8.41. The molecule has 0 aliphatic rings. The Morgan fingerprint density at radius 3 is 2.39 bits per heavy atom. The smallest absolute Gasteiger partial charge is 0.262 e. The molecule has 5 nitrogen and oxygen atoms in total. The lowest BCUT2D eigenvalue weighted by Crippen LogP contribution is -2.21. The predicted molar refractivity (Wildman–Crippen MR) is 130 cm³/mol. The molecule has 0 saturated carbocycles. The van der Waals surface area contributed by atoms with Gasteiger partial charge in [-0.3, -0.25) is 4.79 Å². The summed E-state index contributed by atoms with van der Waals surface area (Å²) in [6, 6.07) is 16.5. The number of nitrogens with one attached hydrogen (secondary N) is 2. The van der Waals surface area contributed by atoms with Crippen LogP contribution in [0.1, 0.15) is 11.1 Å². The molecule has 0 heterocycles. The zero-order chi connectivity index (χ0) is 22.4. The molecule has 0 atom stereocenters. The molecule has 1 amide bonds. The summed E-state index contributed by atoms with van der Waals surface area (Å²) < 4.78 is 12.1. The lowest BCUT2D eigenvalue weighted by atomic mass is 10.1. The molecule has 0 radical (unpaired) electrons. The Morgan fingerprint density at radius 2 is 1.71 bits per heavy atom. The quantitative estimate of drug-likeness (QED) is 0.344. The van der Waals surface area contributed by atoms with Gasteiger partial charge in [0.2, 0.25) is 0 Å². The monoisotopic (exact) mass is 522 g/mol. The number of anilines is 2. The largest absolute Gasteiger partial charge is 0.493 e. The SMILES string of the molecule is COc1ccc(Br)c(CNc2ccc(Cl)c(Cl)c2)c1OCC(=O)Nc1ccc(C)cc1. The number of aryl methyl sites for hydroxylation is 1. The lowest BCUT2D eigenvalue weighted by molar-refractivity contribution is -0.118. The average Bonchev–Trinajstić information content (AvgIpc) is 2.75. The summed E-state index contributed by atoms with van der Waals surface area (Å²) in [5, 5.41) is 7.05. The molecule has 3 aromatic carbocycles. The van der Waals surface area contributed by atoms with Crippen LogP contribution < -0.4 is 20.1 Å². The molecule has 2 N–H and O–H groups in total. The van der Waals surface area contributed by atoms with Crippen LogP contribution in [0.3, 0.4) is 0 Å². The van der Waals surface area contributed by atoms with Crippen LogP contribution in [-0.4, -0.2) is 19.6 Å². The number of halogens is 3. The molecule has 162 valence electrons. The summed E-state index contributed by atoms with van der Waals surface area (Å²) in [7, 11) is 1.55. The first kappa shape index (κ1) is 23.3. The second kappa shape index (κ2) is 10.8. The van der Waals surface area contributed by atoms with Gasteiger partial charge in [-0.05, 0) is 49.4 Å². The van der Waals surface area contributed by atoms with E-state index in [0.717, 1.165) is 21.3 Å². The maximum Gasteiger partial charge on any atom is 0.262 e. The van der Waals surface area contributed by atoms with Gasteiger partial charge in [-0.15, -0.1) is 0 Å². The Labute approximate surface area is 199 Å². The molecule has 3 rings (SSSR count). The summed E-state index contributed by atoms with van der Waals surface area (Å²) in [5.41, 5.74) is 3.43. The standard InChI is InChI=1S/C23H21BrCl2N2O3/c1-14-3-5-15(6-4-14)28-22(29)13-31-23-17(18(24)8-10-21(23)30-2)12-27-16-7-9-19(25)20(26)11-16/h3-11,27H,12-13H2,1-2H3,(H,28,29). The van der Waals surface area contributed by atoms with Crippen molar-refractivity contribution < 1.29 is 14.3 Å². The third kappa shape index (κ3) is 6.29. The van der Waals surface area contributed by atoms with E-state index in [0.29, 0.717) is 33.8 Å². The number of amides is 1. The minimum Gasteiger partial charge on any atom is -0.493 e. The molecular weight excluding hydrogens is 503 g/mol. The minimum atomic E-state index is -0.269. The first-order valence-corrected chi connectivity index (χ1v) is 11.0. The summed E-state index contributed by atoms with van der Waals surface area (Å²) in [5.74, 6) is 0.732. The number of methoxy groups -OCH3 is 1. The van der Waals surface area contributed by atoms with Crippen molar-refractivity contribution in [2.24, 2.45) is 0 Å². The minimum absolute atomic E-state index is 0.166. The molecule has 0 fully saturated rings. The van der Waals surface area contributed by atoms with Crippen molar-refractivity contribution in [1.82, 2.24) is 0 Å². The van der Waals surface area contributed by atoms with Crippen LogP contribution in [0, 0.1) is 6.92 Å². The Hall–Kier alpha value is -2.41. The fourth-order valence-electron chi connectivity index (χ4n) is 2.83. The zero-order valence-corrected chi connectivity index (χ0v) is 20.1. The number of rotatable bonds is 8. The fourth-order valence-corrected chi connectivity index (χ4v) is 3.58. The molecular formula is C23H21BrCl2N2O3. The molecule has 0 aromatic heterocycles. The van der Waals surface area contributed by atoms with E-state index in [1.54, 1.807) is 25.3 Å². The molecule has 31 heavy (non-hydrogen) atoms. The van der Waals surface area contributed by atoms with Gasteiger partial charge in [0.1, 0.15) is 0 Å². The number of hydrogen-bond acceptors (Lipinski definition) is 4. The number of carbonyl (C=O) groups is 1. The zero-order valence-electron chi connectivity index (χ0n) is 17.0. The van der Waals surface area contributed by atoms with Crippen molar-refractivity contribution in [3.63, 3.8) is 0 Å². The van der Waals surface area contributed by atoms with E-state index < -0.39 is 0 Å². The van der Waals surface area contributed by atoms with Crippen LogP contribution in [-0.2, 0) is 11.3 Å². The molecule has 3 aromatic rings. The van der Waals surface area contributed by atoms with Gasteiger partial charge in [0.25, 0.3) is 5.91 Å². The highest BCUT2D eigenvalue weighted by Crippen LogP contribution is 2.37. The fraction of sp³-hybridized carbons (Fsp3) is 0.174. The van der Waals surface area contributed by atoms with Crippen molar-refractivity contribution in [1.29, 1.82) is 0 Å². The van der Waals surface area contributed by atoms with E-state index in [1.165, 1.54) is 0 Å². The predicted octanol–water partition coefficient (Wildman–Crippen LogP) is 6.70. The van der Waals surface area contributed by atoms with E-state index in [4.69, 9.17) is 32.7 Å². The highest BCUT2D eigenvalue weighted by atomic mass is 79.9. The second-order valence-electron chi connectivity index (χ2n) is 6.74. The Morgan fingerprint density at radius 1 is 1.00 bits per heavy atom. The normalized spacial score (nSPS) is 10.5. The molecule has 0 spiro atoms. The van der Waals surface area contributed by atoms with E-state index in [1.807, 2.05) is 43.3 Å². The third-order valence-electron chi connectivity index (χ3n) is 4.46. The molecule has 0 bridgehead atoms. The van der Waals surface area contributed by atoms with Gasteiger partial charge in [-0.25, -0.2) is 0 Å². The number of benzene rings is 3. The summed E-state index contributed by atoms with van der Waals surface area (Å²) >= 11 is 15.6. The average molecular weight is 524 g/mol. The topological polar surface area (TPSA) is 59.6 Å².